The number of benzene rings is 1. The van der Waals surface area contributed by atoms with Gasteiger partial charge in [-0.1, -0.05) is 23.7 Å². The van der Waals surface area contributed by atoms with Gasteiger partial charge < -0.3 is 10.1 Å². The van der Waals surface area contributed by atoms with Crippen molar-refractivity contribution in [1.82, 2.24) is 15.1 Å². The number of amides is 1. The Balaban J connectivity index is 1.93. The van der Waals surface area contributed by atoms with Crippen molar-refractivity contribution in [2.24, 2.45) is 7.05 Å². The minimum atomic E-state index is -4.38. The predicted molar refractivity (Wildman–Crippen MR) is 82.1 cm³/mol. The number of halogens is 4. The van der Waals surface area contributed by atoms with Gasteiger partial charge in [0.05, 0.1) is 11.3 Å². The number of hydrogen-bond donors (Lipinski definition) is 1. The number of ether oxygens (including phenoxy) is 1. The highest BCUT2D eigenvalue weighted by Gasteiger charge is 2.28. The lowest BCUT2D eigenvalue weighted by Crippen LogP contribution is -2.23. The third-order valence-electron chi connectivity index (χ3n) is 3.16. The van der Waals surface area contributed by atoms with E-state index in [2.05, 4.69) is 15.2 Å². The summed E-state index contributed by atoms with van der Waals surface area (Å²) in [6, 6.07) is 5.97. The minimum absolute atomic E-state index is 0.105. The van der Waals surface area contributed by atoms with E-state index < -0.39 is 12.8 Å². The molecule has 0 atom stereocenters. The summed E-state index contributed by atoms with van der Waals surface area (Å²) in [6.07, 6.45) is -4.38. The largest absolute Gasteiger partial charge is 0.484 e. The molecule has 0 aliphatic heterocycles. The van der Waals surface area contributed by atoms with Crippen LogP contribution in [0.5, 0.6) is 5.75 Å². The molecular formula is C15H15ClF3N3O2. The van der Waals surface area contributed by atoms with Crippen LogP contribution < -0.4 is 10.1 Å². The van der Waals surface area contributed by atoms with Crippen molar-refractivity contribution in [1.29, 1.82) is 0 Å². The Morgan fingerprint density at radius 3 is 2.46 bits per heavy atom. The van der Waals surface area contributed by atoms with E-state index in [4.69, 9.17) is 11.6 Å². The van der Waals surface area contributed by atoms with Crippen LogP contribution in [-0.2, 0) is 13.6 Å². The molecule has 5 nitrogen and oxygen atoms in total. The molecule has 1 N–H and O–H groups in total. The lowest BCUT2D eigenvalue weighted by atomic mass is 10.2. The second-order valence-electron chi connectivity index (χ2n) is 5.11. The van der Waals surface area contributed by atoms with Crippen molar-refractivity contribution in [2.75, 3.05) is 6.61 Å². The van der Waals surface area contributed by atoms with Crippen LogP contribution in [0.15, 0.2) is 24.3 Å². The van der Waals surface area contributed by atoms with E-state index in [1.165, 1.54) is 16.8 Å². The summed E-state index contributed by atoms with van der Waals surface area (Å²) in [5.41, 5.74) is 1.51. The highest BCUT2D eigenvalue weighted by atomic mass is 35.5. The number of hydrogen-bond acceptors (Lipinski definition) is 3. The quantitative estimate of drug-likeness (QED) is 0.889. The summed E-state index contributed by atoms with van der Waals surface area (Å²) in [6.45, 7) is 0.526. The zero-order valence-electron chi connectivity index (χ0n) is 12.9. The van der Waals surface area contributed by atoms with Crippen molar-refractivity contribution in [3.8, 4) is 5.75 Å². The highest BCUT2D eigenvalue weighted by Crippen LogP contribution is 2.20. The molecule has 1 heterocycles. The standard InChI is InChI=1S/C15H15ClF3N3O2/c1-9-12(13(16)22(2)21-9)14(23)20-7-10-3-5-11(6-4-10)24-8-15(17,18)19/h3-6H,7-8H2,1-2H3,(H,20,23). The monoisotopic (exact) mass is 361 g/mol. The molecule has 0 fully saturated rings. The maximum absolute atomic E-state index is 12.2. The fourth-order valence-electron chi connectivity index (χ4n) is 2.03. The van der Waals surface area contributed by atoms with Crippen molar-refractivity contribution < 1.29 is 22.7 Å². The van der Waals surface area contributed by atoms with Gasteiger partial charge in [0.15, 0.2) is 6.61 Å². The van der Waals surface area contributed by atoms with Gasteiger partial charge >= 0.3 is 6.18 Å². The first-order chi connectivity index (χ1) is 11.2. The predicted octanol–water partition coefficient (Wildman–Crippen LogP) is 3.25. The second-order valence-corrected chi connectivity index (χ2v) is 5.46. The van der Waals surface area contributed by atoms with Gasteiger partial charge in [-0.25, -0.2) is 0 Å². The van der Waals surface area contributed by atoms with Gasteiger partial charge in [-0.3, -0.25) is 9.48 Å². The highest BCUT2D eigenvalue weighted by molar-refractivity contribution is 6.33. The summed E-state index contributed by atoms with van der Waals surface area (Å²) >= 11 is 6.01. The number of alkyl halides is 3. The number of nitrogens with one attached hydrogen (secondary N) is 1. The average molecular weight is 362 g/mol. The van der Waals surface area contributed by atoms with Crippen LogP contribution in [0.25, 0.3) is 0 Å². The number of aromatic nitrogens is 2. The molecule has 0 radical (unpaired) electrons. The molecule has 9 heteroatoms. The number of carbonyl (C=O) groups is 1. The number of carbonyl (C=O) groups excluding carboxylic acids is 1. The van der Waals surface area contributed by atoms with Gasteiger partial charge in [0.2, 0.25) is 0 Å². The number of aryl methyl sites for hydroxylation is 2. The maximum atomic E-state index is 12.2. The van der Waals surface area contributed by atoms with Gasteiger partial charge in [-0.2, -0.15) is 18.3 Å². The average Bonchev–Trinajstić information content (AvgIpc) is 2.76. The molecular weight excluding hydrogens is 347 g/mol. The van der Waals surface area contributed by atoms with Crippen molar-refractivity contribution in [2.45, 2.75) is 19.6 Å². The molecule has 2 aromatic rings. The van der Waals surface area contributed by atoms with Crippen LogP contribution in [-0.4, -0.2) is 28.5 Å². The Kier molecular flexibility index (Phi) is 5.38. The molecule has 0 spiro atoms. The summed E-state index contributed by atoms with van der Waals surface area (Å²) in [5, 5.41) is 6.98. The Labute approximate surface area is 141 Å². The molecule has 2 rings (SSSR count). The van der Waals surface area contributed by atoms with E-state index in [1.54, 1.807) is 26.1 Å². The summed E-state index contributed by atoms with van der Waals surface area (Å²) in [7, 11) is 1.63. The Hall–Kier alpha value is -2.22. The van der Waals surface area contributed by atoms with Crippen molar-refractivity contribution in [3.63, 3.8) is 0 Å². The molecule has 1 aromatic heterocycles. The van der Waals surface area contributed by atoms with Gasteiger partial charge in [-0.05, 0) is 24.6 Å². The number of rotatable bonds is 5. The molecule has 0 saturated carbocycles. The van der Waals surface area contributed by atoms with Crippen LogP contribution in [0.3, 0.4) is 0 Å². The molecule has 0 saturated heterocycles. The van der Waals surface area contributed by atoms with Gasteiger partial charge in [-0.15, -0.1) is 0 Å². The lowest BCUT2D eigenvalue weighted by molar-refractivity contribution is -0.153. The van der Waals surface area contributed by atoms with Crippen molar-refractivity contribution in [3.05, 3.63) is 46.2 Å². The van der Waals surface area contributed by atoms with E-state index in [0.29, 0.717) is 16.8 Å². The molecule has 1 aromatic carbocycles. The first kappa shape index (κ1) is 18.1. The molecule has 0 unspecified atom stereocenters. The first-order valence-electron chi connectivity index (χ1n) is 6.93. The van der Waals surface area contributed by atoms with E-state index in [9.17, 15) is 18.0 Å². The van der Waals surface area contributed by atoms with Gasteiger partial charge in [0.25, 0.3) is 5.91 Å². The van der Waals surface area contributed by atoms with E-state index in [-0.39, 0.29) is 23.4 Å². The topological polar surface area (TPSA) is 56.2 Å². The first-order valence-corrected chi connectivity index (χ1v) is 7.31. The van der Waals surface area contributed by atoms with Gasteiger partial charge in [0.1, 0.15) is 10.9 Å². The minimum Gasteiger partial charge on any atom is -0.484 e. The van der Waals surface area contributed by atoms with Crippen LogP contribution in [0.2, 0.25) is 5.15 Å². The summed E-state index contributed by atoms with van der Waals surface area (Å²) in [5.74, 6) is -0.267. The van der Waals surface area contributed by atoms with Crippen LogP contribution >= 0.6 is 11.6 Å². The van der Waals surface area contributed by atoms with E-state index in [1.807, 2.05) is 0 Å². The Morgan fingerprint density at radius 1 is 1.33 bits per heavy atom. The van der Waals surface area contributed by atoms with Crippen LogP contribution in [0, 0.1) is 6.92 Å². The number of nitrogens with zero attached hydrogens (tertiary/aromatic N) is 2. The second kappa shape index (κ2) is 7.12. The molecule has 1 amide bonds. The van der Waals surface area contributed by atoms with E-state index >= 15 is 0 Å². The SMILES string of the molecule is Cc1nn(C)c(Cl)c1C(=O)NCc1ccc(OCC(F)(F)F)cc1. The summed E-state index contributed by atoms with van der Waals surface area (Å²) in [4.78, 5) is 12.2. The molecule has 0 bridgehead atoms. The maximum Gasteiger partial charge on any atom is 0.422 e. The lowest BCUT2D eigenvalue weighted by Gasteiger charge is -2.10. The third kappa shape index (κ3) is 4.64. The normalized spacial score (nSPS) is 11.4. The molecule has 0 aliphatic rings. The summed E-state index contributed by atoms with van der Waals surface area (Å²) < 4.78 is 42.2. The van der Waals surface area contributed by atoms with Gasteiger partial charge in [0, 0.05) is 13.6 Å². The molecule has 0 aliphatic carbocycles. The fourth-order valence-corrected chi connectivity index (χ4v) is 2.29. The zero-order valence-corrected chi connectivity index (χ0v) is 13.7. The Bertz CT molecular complexity index is 727. The fraction of sp³-hybridized carbons (Fsp3) is 0.333. The molecule has 24 heavy (non-hydrogen) atoms. The third-order valence-corrected chi connectivity index (χ3v) is 3.59. The van der Waals surface area contributed by atoms with Crippen LogP contribution in [0.4, 0.5) is 13.2 Å². The van der Waals surface area contributed by atoms with E-state index in [0.717, 1.165) is 0 Å². The Morgan fingerprint density at radius 2 is 1.96 bits per heavy atom. The smallest absolute Gasteiger partial charge is 0.422 e. The van der Waals surface area contributed by atoms with Crippen molar-refractivity contribution >= 4 is 17.5 Å². The zero-order chi connectivity index (χ0) is 17.9. The van der Waals surface area contributed by atoms with Crippen LogP contribution in [0.1, 0.15) is 21.6 Å². The molecule has 130 valence electrons.